The number of nitrogens with zero attached hydrogens (tertiary/aromatic N) is 3. The van der Waals surface area contributed by atoms with Gasteiger partial charge in [0.05, 0.1) is 16.3 Å². The van der Waals surface area contributed by atoms with Crippen LogP contribution in [0.15, 0.2) is 52.6 Å². The van der Waals surface area contributed by atoms with Gasteiger partial charge in [-0.1, -0.05) is 37.5 Å². The average Bonchev–Trinajstić information content (AvgIpc) is 3.99. The highest BCUT2D eigenvalue weighted by atomic mass is 32.2. The van der Waals surface area contributed by atoms with Gasteiger partial charge in [0.2, 0.25) is 10.0 Å². The van der Waals surface area contributed by atoms with Gasteiger partial charge in [-0.05, 0) is 106 Å². The molecule has 0 radical (unpaired) electrons. The number of rotatable bonds is 8. The van der Waals surface area contributed by atoms with Gasteiger partial charge in [-0.3, -0.25) is 14.5 Å². The van der Waals surface area contributed by atoms with Crippen LogP contribution in [0, 0.1) is 11.8 Å². The summed E-state index contributed by atoms with van der Waals surface area (Å²) in [5, 5.41) is 0.469. The standard InChI is InChI=1S/C41H50N4O7S/c1-41(2,3)52-40(48)44-22-25-20-43(21-26(25)23-44)39-36-34(35(36)38(47)42-53(49,50)27-13-14-27)30-12-8-7-11-29(30)32-19-31-33(51-18-17-46)16-15-28(37(31)45(32)39)24-9-5-4-6-10-24/h8,12,15-17,19,24-27,29,39H,4-7,9-11,13-14,18,20-23H2,1-3H3,(H,42,47). The second-order valence-electron chi connectivity index (χ2n) is 17.2. The lowest BCUT2D eigenvalue weighted by Gasteiger charge is -2.33. The van der Waals surface area contributed by atoms with Crippen LogP contribution in [0.3, 0.4) is 0 Å². The van der Waals surface area contributed by atoms with Crippen LogP contribution in [0.1, 0.15) is 108 Å². The predicted octanol–water partition coefficient (Wildman–Crippen LogP) is 6.23. The number of amides is 2. The van der Waals surface area contributed by atoms with Crippen LogP contribution in [-0.4, -0.2) is 84.7 Å². The number of carbonyl (C=O) groups is 3. The molecule has 4 fully saturated rings. The van der Waals surface area contributed by atoms with E-state index in [4.69, 9.17) is 9.47 Å². The summed E-state index contributed by atoms with van der Waals surface area (Å²) in [7, 11) is -3.76. The molecule has 53 heavy (non-hydrogen) atoms. The lowest BCUT2D eigenvalue weighted by Crippen LogP contribution is -2.39. The first kappa shape index (κ1) is 34.8. The molecule has 0 bridgehead atoms. The van der Waals surface area contributed by atoms with Crippen molar-refractivity contribution in [2.24, 2.45) is 11.8 Å². The molecule has 282 valence electrons. The molecule has 3 aliphatic heterocycles. The molecule has 11 nitrogen and oxygen atoms in total. The predicted molar refractivity (Wildman–Crippen MR) is 200 cm³/mol. The molecular formula is C41H50N4O7S. The van der Waals surface area contributed by atoms with Gasteiger partial charge >= 0.3 is 6.09 Å². The minimum atomic E-state index is -3.76. The van der Waals surface area contributed by atoms with E-state index in [1.807, 2.05) is 31.7 Å². The second-order valence-corrected chi connectivity index (χ2v) is 19.2. The Morgan fingerprint density at radius 2 is 1.72 bits per heavy atom. The molecule has 2 aromatic rings. The topological polar surface area (TPSA) is 127 Å². The number of allylic oxidation sites excluding steroid dienone is 3. The first-order valence-corrected chi connectivity index (χ1v) is 21.2. The molecule has 1 aromatic heterocycles. The number of likely N-dealkylation sites (tertiary alicyclic amines) is 2. The molecule has 4 unspecified atom stereocenters. The van der Waals surface area contributed by atoms with E-state index in [1.54, 1.807) is 0 Å². The minimum absolute atomic E-state index is 0.00405. The largest absolute Gasteiger partial charge is 0.485 e. The van der Waals surface area contributed by atoms with Gasteiger partial charge in [-0.2, -0.15) is 0 Å². The maximum Gasteiger partial charge on any atom is 0.410 e. The Morgan fingerprint density at radius 1 is 0.981 bits per heavy atom. The normalized spacial score (nSPS) is 27.3. The fraction of sp³-hybridized carbons (Fsp3) is 0.585. The van der Waals surface area contributed by atoms with Crippen LogP contribution in [0.5, 0.6) is 5.75 Å². The molecule has 1 N–H and O–H groups in total. The van der Waals surface area contributed by atoms with E-state index in [0.29, 0.717) is 43.2 Å². The number of hydrogen-bond acceptors (Lipinski definition) is 8. The summed E-state index contributed by atoms with van der Waals surface area (Å²) >= 11 is 0. The zero-order valence-electron chi connectivity index (χ0n) is 30.9. The van der Waals surface area contributed by atoms with E-state index in [-0.39, 0.29) is 36.6 Å². The SMILES string of the molecule is CC(C)(C)OC(=O)N1CC2CN(C3C4=C(C(=O)NS(=O)(=O)C5CC5)C4=C4C=CCCC4c4cc5c(OCC=O)ccc(C6CCCCC6)c5n43)CC2C1. The molecule has 4 aliphatic carbocycles. The van der Waals surface area contributed by atoms with Crippen LogP contribution in [0.4, 0.5) is 4.79 Å². The monoisotopic (exact) mass is 742 g/mol. The van der Waals surface area contributed by atoms with Crippen molar-refractivity contribution in [2.75, 3.05) is 32.8 Å². The maximum absolute atomic E-state index is 14.1. The highest BCUT2D eigenvalue weighted by Crippen LogP contribution is 2.59. The molecule has 7 aliphatic rings. The molecular weight excluding hydrogens is 693 g/mol. The fourth-order valence-corrected chi connectivity index (χ4v) is 11.3. The third kappa shape index (κ3) is 6.13. The molecule has 9 rings (SSSR count). The zero-order chi connectivity index (χ0) is 36.8. The summed E-state index contributed by atoms with van der Waals surface area (Å²) in [5.41, 5.74) is 6.31. The first-order chi connectivity index (χ1) is 25.4. The number of aromatic nitrogens is 1. The molecule has 12 heteroatoms. The fourth-order valence-electron chi connectivity index (χ4n) is 10.0. The van der Waals surface area contributed by atoms with E-state index in [9.17, 15) is 22.8 Å². The Labute approximate surface area is 311 Å². The van der Waals surface area contributed by atoms with E-state index in [1.165, 1.54) is 24.8 Å². The molecule has 2 amide bonds. The van der Waals surface area contributed by atoms with Gasteiger partial charge in [-0.25, -0.2) is 17.9 Å². The number of fused-ring (bicyclic) bond motifs is 7. The van der Waals surface area contributed by atoms with E-state index in [2.05, 4.69) is 38.5 Å². The Balaban J connectivity index is 1.19. The van der Waals surface area contributed by atoms with Gasteiger partial charge < -0.3 is 18.9 Å². The first-order valence-electron chi connectivity index (χ1n) is 19.6. The van der Waals surface area contributed by atoms with Crippen LogP contribution in [-0.2, 0) is 24.3 Å². The highest BCUT2D eigenvalue weighted by molar-refractivity contribution is 7.91. The summed E-state index contributed by atoms with van der Waals surface area (Å²) < 4.78 is 43.1. The average molecular weight is 743 g/mol. The molecule has 2 saturated heterocycles. The van der Waals surface area contributed by atoms with E-state index < -0.39 is 26.8 Å². The van der Waals surface area contributed by atoms with Crippen molar-refractivity contribution < 1.29 is 32.3 Å². The highest BCUT2D eigenvalue weighted by Gasteiger charge is 2.54. The number of benzene rings is 1. The van der Waals surface area contributed by atoms with Gasteiger partial charge in [0.25, 0.3) is 5.91 Å². The maximum atomic E-state index is 14.1. The van der Waals surface area contributed by atoms with Crippen molar-refractivity contribution >= 4 is 39.2 Å². The molecule has 0 spiro atoms. The van der Waals surface area contributed by atoms with E-state index in [0.717, 1.165) is 78.4 Å². The van der Waals surface area contributed by atoms with Crippen molar-refractivity contribution in [1.82, 2.24) is 19.1 Å². The lowest BCUT2D eigenvalue weighted by atomic mass is 9.83. The Morgan fingerprint density at radius 3 is 2.40 bits per heavy atom. The van der Waals surface area contributed by atoms with Gasteiger partial charge in [0.15, 0.2) is 6.29 Å². The number of carbonyl (C=O) groups excluding carboxylic acids is 3. The quantitative estimate of drug-likeness (QED) is 0.316. The smallest absolute Gasteiger partial charge is 0.410 e. The summed E-state index contributed by atoms with van der Waals surface area (Å²) in [6.07, 6.45) is 13.1. The number of hydrogen-bond donors (Lipinski definition) is 1. The number of ether oxygens (including phenoxy) is 2. The Bertz CT molecular complexity index is 2080. The summed E-state index contributed by atoms with van der Waals surface area (Å²) in [6.45, 7) is 8.25. The Hall–Kier alpha value is -3.90. The van der Waals surface area contributed by atoms with Crippen molar-refractivity contribution in [3.8, 4) is 5.75 Å². The van der Waals surface area contributed by atoms with Crippen LogP contribution in [0.25, 0.3) is 10.9 Å². The van der Waals surface area contributed by atoms with Crippen molar-refractivity contribution in [2.45, 2.75) is 107 Å². The third-order valence-electron chi connectivity index (χ3n) is 12.5. The van der Waals surface area contributed by atoms with Gasteiger partial charge in [0.1, 0.15) is 24.1 Å². The molecule has 2 saturated carbocycles. The third-order valence-corrected chi connectivity index (χ3v) is 14.3. The van der Waals surface area contributed by atoms with Crippen molar-refractivity contribution in [3.63, 3.8) is 0 Å². The van der Waals surface area contributed by atoms with Crippen molar-refractivity contribution in [3.05, 3.63) is 63.9 Å². The molecule has 4 heterocycles. The minimum Gasteiger partial charge on any atom is -0.485 e. The zero-order valence-corrected chi connectivity index (χ0v) is 31.8. The number of aldehydes is 1. The number of sulfonamides is 1. The summed E-state index contributed by atoms with van der Waals surface area (Å²) in [4.78, 5) is 43.1. The number of nitrogens with one attached hydrogen (secondary N) is 1. The second kappa shape index (κ2) is 12.9. The van der Waals surface area contributed by atoms with Crippen LogP contribution in [0.2, 0.25) is 0 Å². The summed E-state index contributed by atoms with van der Waals surface area (Å²) in [6, 6.07) is 6.48. The Kier molecular flexibility index (Phi) is 8.45. The summed E-state index contributed by atoms with van der Waals surface area (Å²) in [5.74, 6) is 0.960. The van der Waals surface area contributed by atoms with E-state index >= 15 is 0 Å². The molecule has 1 aromatic carbocycles. The lowest BCUT2D eigenvalue weighted by molar-refractivity contribution is -0.115. The molecule has 4 atom stereocenters. The van der Waals surface area contributed by atoms with Gasteiger partial charge in [-0.15, -0.1) is 0 Å². The van der Waals surface area contributed by atoms with Crippen LogP contribution < -0.4 is 9.46 Å². The van der Waals surface area contributed by atoms with Gasteiger partial charge in [0, 0.05) is 48.8 Å². The van der Waals surface area contributed by atoms with Crippen LogP contribution >= 0.6 is 0 Å². The van der Waals surface area contributed by atoms with Crippen molar-refractivity contribution in [1.29, 1.82) is 0 Å².